The molecule has 2 heterocycles. The zero-order valence-electron chi connectivity index (χ0n) is 9.07. The van der Waals surface area contributed by atoms with E-state index in [0.29, 0.717) is 0 Å². The Bertz CT molecular complexity index is 452. The zero-order chi connectivity index (χ0) is 10.7. The second-order valence-electron chi connectivity index (χ2n) is 3.64. The van der Waals surface area contributed by atoms with Crippen molar-refractivity contribution in [2.24, 2.45) is 0 Å². The lowest BCUT2D eigenvalue weighted by Gasteiger charge is -1.96. The summed E-state index contributed by atoms with van der Waals surface area (Å²) in [7, 11) is 0. The smallest absolute Gasteiger partial charge is 0.247 e. The summed E-state index contributed by atoms with van der Waals surface area (Å²) >= 11 is 0. The molecule has 1 N–H and O–H groups in total. The molecule has 0 unspecified atom stereocenters. The third kappa shape index (κ3) is 2.37. The van der Waals surface area contributed by atoms with Crippen molar-refractivity contribution in [3.8, 4) is 0 Å². The number of nitrogens with zero attached hydrogens (tertiary/aromatic N) is 2. The number of aryl methyl sites for hydroxylation is 2. The molecule has 0 aliphatic rings. The maximum Gasteiger partial charge on any atom is 0.293 e. The molecule has 76 valence electrons. The topological polar surface area (TPSA) is 30.9 Å². The SMILES string of the molecule is Cc1nc(C)c(C[n+]2ccccc2)c[nH+]1. The highest BCUT2D eigenvalue weighted by atomic mass is 14.9. The van der Waals surface area contributed by atoms with Crippen LogP contribution in [0, 0.1) is 13.8 Å². The fourth-order valence-electron chi connectivity index (χ4n) is 1.55. The van der Waals surface area contributed by atoms with E-state index in [1.165, 1.54) is 5.56 Å². The molecule has 0 aliphatic heterocycles. The third-order valence-electron chi connectivity index (χ3n) is 2.39. The van der Waals surface area contributed by atoms with Crippen LogP contribution in [0.15, 0.2) is 36.8 Å². The molecule has 15 heavy (non-hydrogen) atoms. The Morgan fingerprint density at radius 2 is 1.93 bits per heavy atom. The maximum atomic E-state index is 4.40. The second kappa shape index (κ2) is 4.17. The number of nitrogens with one attached hydrogen (secondary N) is 1. The Morgan fingerprint density at radius 3 is 2.60 bits per heavy atom. The van der Waals surface area contributed by atoms with Crippen LogP contribution in [0.1, 0.15) is 17.1 Å². The van der Waals surface area contributed by atoms with Crippen molar-refractivity contribution < 1.29 is 9.55 Å². The molecule has 0 atom stereocenters. The van der Waals surface area contributed by atoms with Crippen LogP contribution < -0.4 is 9.55 Å². The monoisotopic (exact) mass is 201 g/mol. The molecule has 0 spiro atoms. The van der Waals surface area contributed by atoms with Gasteiger partial charge in [-0.05, 0) is 0 Å². The molecule has 0 saturated carbocycles. The molecular formula is C12H15N3+2. The first-order chi connectivity index (χ1) is 7.25. The minimum absolute atomic E-state index is 0.858. The molecule has 0 amide bonds. The Kier molecular flexibility index (Phi) is 2.72. The normalized spacial score (nSPS) is 10.3. The van der Waals surface area contributed by atoms with Crippen LogP contribution in [0.3, 0.4) is 0 Å². The van der Waals surface area contributed by atoms with Crippen LogP contribution in [0.2, 0.25) is 0 Å². The number of H-pyrrole nitrogens is 1. The first-order valence-electron chi connectivity index (χ1n) is 5.04. The van der Waals surface area contributed by atoms with Gasteiger partial charge < -0.3 is 0 Å². The molecule has 3 nitrogen and oxygen atoms in total. The van der Waals surface area contributed by atoms with Crippen LogP contribution in [-0.2, 0) is 6.54 Å². The summed E-state index contributed by atoms with van der Waals surface area (Å²) in [4.78, 5) is 7.54. The summed E-state index contributed by atoms with van der Waals surface area (Å²) in [5, 5.41) is 0. The standard InChI is InChI=1S/C12H14N3/c1-10-12(8-13-11(2)14-10)9-15-6-4-3-5-7-15/h3-8H,9H2,1-2H3/q+1/p+1. The number of hydrogen-bond acceptors (Lipinski definition) is 1. The predicted molar refractivity (Wildman–Crippen MR) is 56.0 cm³/mol. The van der Waals surface area contributed by atoms with Crippen molar-refractivity contribution in [2.45, 2.75) is 20.4 Å². The van der Waals surface area contributed by atoms with E-state index in [9.17, 15) is 0 Å². The van der Waals surface area contributed by atoms with Gasteiger partial charge in [0.05, 0.1) is 0 Å². The molecule has 0 aromatic carbocycles. The lowest BCUT2D eigenvalue weighted by Crippen LogP contribution is -2.34. The fraction of sp³-hybridized carbons (Fsp3) is 0.250. The first-order valence-corrected chi connectivity index (χ1v) is 5.04. The highest BCUT2D eigenvalue weighted by Gasteiger charge is 2.11. The van der Waals surface area contributed by atoms with E-state index in [-0.39, 0.29) is 0 Å². The van der Waals surface area contributed by atoms with Gasteiger partial charge in [0.25, 0.3) is 5.82 Å². The number of aromatic amines is 1. The molecule has 0 fully saturated rings. The number of aromatic nitrogens is 3. The average Bonchev–Trinajstić information content (AvgIpc) is 2.24. The van der Waals surface area contributed by atoms with Crippen LogP contribution in [-0.4, -0.2) is 4.98 Å². The van der Waals surface area contributed by atoms with E-state index in [1.807, 2.05) is 38.2 Å². The van der Waals surface area contributed by atoms with Gasteiger partial charge in [-0.15, -0.1) is 0 Å². The van der Waals surface area contributed by atoms with Gasteiger partial charge in [-0.3, -0.25) is 0 Å². The van der Waals surface area contributed by atoms with E-state index < -0.39 is 0 Å². The maximum absolute atomic E-state index is 4.40. The quantitative estimate of drug-likeness (QED) is 0.663. The van der Waals surface area contributed by atoms with Gasteiger partial charge in [-0.2, -0.15) is 0 Å². The van der Waals surface area contributed by atoms with Gasteiger partial charge in [-0.1, -0.05) is 11.1 Å². The van der Waals surface area contributed by atoms with Crippen molar-refractivity contribution in [1.82, 2.24) is 4.98 Å². The minimum atomic E-state index is 0.858. The Labute approximate surface area is 89.5 Å². The van der Waals surface area contributed by atoms with E-state index >= 15 is 0 Å². The van der Waals surface area contributed by atoms with Crippen molar-refractivity contribution in [1.29, 1.82) is 0 Å². The van der Waals surface area contributed by atoms with Crippen LogP contribution >= 0.6 is 0 Å². The summed E-state index contributed by atoms with van der Waals surface area (Å²) in [6.45, 7) is 4.86. The highest BCUT2D eigenvalue weighted by Crippen LogP contribution is 2.00. The summed E-state index contributed by atoms with van der Waals surface area (Å²) < 4.78 is 2.13. The van der Waals surface area contributed by atoms with Gasteiger partial charge in [0.15, 0.2) is 24.6 Å². The first kappa shape index (κ1) is 9.77. The van der Waals surface area contributed by atoms with E-state index in [2.05, 4.69) is 26.9 Å². The van der Waals surface area contributed by atoms with Gasteiger partial charge in [-0.25, -0.2) is 9.55 Å². The van der Waals surface area contributed by atoms with Crippen LogP contribution in [0.5, 0.6) is 0 Å². The Balaban J connectivity index is 2.25. The summed E-state index contributed by atoms with van der Waals surface area (Å²) in [5.41, 5.74) is 2.31. The van der Waals surface area contributed by atoms with E-state index in [1.54, 1.807) is 0 Å². The van der Waals surface area contributed by atoms with Gasteiger partial charge >= 0.3 is 0 Å². The predicted octanol–water partition coefficient (Wildman–Crippen LogP) is 0.848. The van der Waals surface area contributed by atoms with Gasteiger partial charge in [0.2, 0.25) is 0 Å². The number of hydrogen-bond donors (Lipinski definition) is 0. The largest absolute Gasteiger partial charge is 0.293 e. The van der Waals surface area contributed by atoms with Crippen LogP contribution in [0.4, 0.5) is 0 Å². The molecule has 2 aromatic heterocycles. The zero-order valence-corrected chi connectivity index (χ0v) is 9.07. The summed E-state index contributed by atoms with van der Waals surface area (Å²) in [6.07, 6.45) is 6.14. The average molecular weight is 201 g/mol. The minimum Gasteiger partial charge on any atom is -0.247 e. The lowest BCUT2D eigenvalue weighted by atomic mass is 10.2. The molecule has 2 rings (SSSR count). The van der Waals surface area contributed by atoms with Crippen molar-refractivity contribution in [3.63, 3.8) is 0 Å². The summed E-state index contributed by atoms with van der Waals surface area (Å²) in [6, 6.07) is 6.07. The van der Waals surface area contributed by atoms with E-state index in [4.69, 9.17) is 0 Å². The molecule has 0 aliphatic carbocycles. The molecule has 0 saturated heterocycles. The van der Waals surface area contributed by atoms with Gasteiger partial charge in [0, 0.05) is 26.0 Å². The molecule has 0 bridgehead atoms. The van der Waals surface area contributed by atoms with Crippen molar-refractivity contribution >= 4 is 0 Å². The Hall–Kier alpha value is -1.77. The third-order valence-corrected chi connectivity index (χ3v) is 2.39. The summed E-state index contributed by atoms with van der Waals surface area (Å²) in [5.74, 6) is 0.953. The number of pyridine rings is 1. The molecule has 0 radical (unpaired) electrons. The van der Waals surface area contributed by atoms with Crippen molar-refractivity contribution in [3.05, 3.63) is 53.9 Å². The lowest BCUT2D eigenvalue weighted by molar-refractivity contribution is -0.689. The van der Waals surface area contributed by atoms with Crippen molar-refractivity contribution in [2.75, 3.05) is 0 Å². The van der Waals surface area contributed by atoms with E-state index in [0.717, 1.165) is 18.1 Å². The van der Waals surface area contributed by atoms with Crippen LogP contribution in [0.25, 0.3) is 0 Å². The molecular weight excluding hydrogens is 186 g/mol. The Morgan fingerprint density at radius 1 is 1.20 bits per heavy atom. The molecule has 2 aromatic rings. The van der Waals surface area contributed by atoms with Gasteiger partial charge in [0.1, 0.15) is 11.8 Å². The second-order valence-corrected chi connectivity index (χ2v) is 3.64. The molecule has 3 heteroatoms. The number of rotatable bonds is 2. The fourth-order valence-corrected chi connectivity index (χ4v) is 1.55. The highest BCUT2D eigenvalue weighted by molar-refractivity contribution is 5.11.